The Bertz CT molecular complexity index is 307. The Kier molecular flexibility index (Phi) is 4.53. The van der Waals surface area contributed by atoms with Gasteiger partial charge in [-0.25, -0.2) is 8.42 Å². The maximum Gasteiger partial charge on any atom is 0.234 e. The molecule has 0 spiro atoms. The van der Waals surface area contributed by atoms with Gasteiger partial charge in [-0.15, -0.1) is 0 Å². The lowest BCUT2D eigenvalue weighted by Crippen LogP contribution is -2.36. The number of carbonyl (C=O) groups excluding carboxylic acids is 1. The number of amides is 1. The molecule has 0 aliphatic carbocycles. The number of hydrogen-bond donors (Lipinski definition) is 2. The highest BCUT2D eigenvalue weighted by molar-refractivity contribution is 7.90. The molecule has 0 aromatic carbocycles. The Morgan fingerprint density at radius 2 is 2.27 bits per heavy atom. The Balaban J connectivity index is 2.34. The van der Waals surface area contributed by atoms with E-state index in [9.17, 15) is 13.2 Å². The van der Waals surface area contributed by atoms with Crippen LogP contribution in [0.1, 0.15) is 32.6 Å². The predicted molar refractivity (Wildman–Crippen MR) is 57.9 cm³/mol. The SMILES string of the molecule is CCCS(=O)(=O)NC(=O)CC1CCCN1. The molecule has 88 valence electrons. The van der Waals surface area contributed by atoms with Crippen LogP contribution in [0.3, 0.4) is 0 Å². The van der Waals surface area contributed by atoms with Crippen LogP contribution in [0.2, 0.25) is 0 Å². The Labute approximate surface area is 90.7 Å². The zero-order valence-corrected chi connectivity index (χ0v) is 9.77. The first-order valence-corrected chi connectivity index (χ1v) is 6.95. The van der Waals surface area contributed by atoms with Crippen LogP contribution in [-0.2, 0) is 14.8 Å². The minimum absolute atomic E-state index is 0.0107. The fourth-order valence-corrected chi connectivity index (χ4v) is 2.76. The van der Waals surface area contributed by atoms with E-state index in [0.717, 1.165) is 19.4 Å². The molecule has 1 aliphatic rings. The van der Waals surface area contributed by atoms with Gasteiger partial charge in [0, 0.05) is 12.5 Å². The molecule has 0 radical (unpaired) electrons. The van der Waals surface area contributed by atoms with Gasteiger partial charge in [0.05, 0.1) is 5.75 Å². The summed E-state index contributed by atoms with van der Waals surface area (Å²) in [5.74, 6) is -0.389. The van der Waals surface area contributed by atoms with Gasteiger partial charge < -0.3 is 5.32 Å². The second-order valence-electron chi connectivity index (χ2n) is 3.84. The van der Waals surface area contributed by atoms with Crippen molar-refractivity contribution in [1.29, 1.82) is 0 Å². The quantitative estimate of drug-likeness (QED) is 0.701. The molecule has 1 fully saturated rings. The molecule has 6 heteroatoms. The maximum absolute atomic E-state index is 11.4. The topological polar surface area (TPSA) is 75.3 Å². The van der Waals surface area contributed by atoms with Crippen molar-refractivity contribution < 1.29 is 13.2 Å². The van der Waals surface area contributed by atoms with E-state index >= 15 is 0 Å². The molecular weight excluding hydrogens is 216 g/mol. The van der Waals surface area contributed by atoms with Gasteiger partial charge in [0.25, 0.3) is 0 Å². The summed E-state index contributed by atoms with van der Waals surface area (Å²) in [7, 11) is -3.40. The molecule has 0 aromatic heterocycles. The van der Waals surface area contributed by atoms with E-state index < -0.39 is 15.9 Å². The highest BCUT2D eigenvalue weighted by Crippen LogP contribution is 2.08. The van der Waals surface area contributed by atoms with Crippen molar-refractivity contribution in [2.45, 2.75) is 38.6 Å². The second-order valence-corrected chi connectivity index (χ2v) is 5.68. The molecule has 0 bridgehead atoms. The van der Waals surface area contributed by atoms with Crippen LogP contribution in [0, 0.1) is 0 Å². The summed E-state index contributed by atoms with van der Waals surface area (Å²) < 4.78 is 24.6. The molecule has 1 rings (SSSR count). The fraction of sp³-hybridized carbons (Fsp3) is 0.889. The molecule has 1 atom stereocenters. The Hall–Kier alpha value is -0.620. The summed E-state index contributed by atoms with van der Waals surface area (Å²) in [6, 6.07) is 0.141. The second kappa shape index (κ2) is 5.46. The zero-order valence-electron chi connectivity index (χ0n) is 8.95. The van der Waals surface area contributed by atoms with E-state index in [4.69, 9.17) is 0 Å². The average molecular weight is 234 g/mol. The minimum atomic E-state index is -3.40. The first-order chi connectivity index (χ1) is 7.03. The van der Waals surface area contributed by atoms with Gasteiger partial charge in [0.2, 0.25) is 15.9 Å². The third-order valence-electron chi connectivity index (χ3n) is 2.34. The molecule has 5 nitrogen and oxygen atoms in total. The Morgan fingerprint density at radius 1 is 1.53 bits per heavy atom. The molecule has 1 amide bonds. The third kappa shape index (κ3) is 4.61. The fourth-order valence-electron chi connectivity index (χ4n) is 1.69. The molecule has 0 saturated carbocycles. The van der Waals surface area contributed by atoms with Gasteiger partial charge in [-0.3, -0.25) is 9.52 Å². The summed E-state index contributed by atoms with van der Waals surface area (Å²) in [5.41, 5.74) is 0. The van der Waals surface area contributed by atoms with Crippen molar-refractivity contribution in [1.82, 2.24) is 10.0 Å². The van der Waals surface area contributed by atoms with E-state index in [1.165, 1.54) is 0 Å². The summed E-state index contributed by atoms with van der Waals surface area (Å²) in [4.78, 5) is 11.4. The summed E-state index contributed by atoms with van der Waals surface area (Å²) >= 11 is 0. The number of rotatable bonds is 5. The lowest BCUT2D eigenvalue weighted by atomic mass is 10.1. The van der Waals surface area contributed by atoms with Gasteiger partial charge in [-0.1, -0.05) is 6.92 Å². The molecule has 1 saturated heterocycles. The molecule has 1 aliphatic heterocycles. The van der Waals surface area contributed by atoms with E-state index in [1.54, 1.807) is 6.92 Å². The Morgan fingerprint density at radius 3 is 2.80 bits per heavy atom. The van der Waals surface area contributed by atoms with Crippen LogP contribution in [0.25, 0.3) is 0 Å². The number of nitrogens with one attached hydrogen (secondary N) is 2. The molecule has 15 heavy (non-hydrogen) atoms. The van der Waals surface area contributed by atoms with Crippen LogP contribution in [0.5, 0.6) is 0 Å². The number of hydrogen-bond acceptors (Lipinski definition) is 4. The lowest BCUT2D eigenvalue weighted by molar-refractivity contribution is -0.119. The molecule has 0 aromatic rings. The molecule has 2 N–H and O–H groups in total. The van der Waals surface area contributed by atoms with Crippen molar-refractivity contribution in [3.63, 3.8) is 0 Å². The van der Waals surface area contributed by atoms with Crippen LogP contribution in [0.4, 0.5) is 0 Å². The summed E-state index contributed by atoms with van der Waals surface area (Å²) in [6.07, 6.45) is 2.77. The number of sulfonamides is 1. The molecule has 1 unspecified atom stereocenters. The van der Waals surface area contributed by atoms with E-state index in [2.05, 4.69) is 10.0 Å². The van der Waals surface area contributed by atoms with Crippen LogP contribution < -0.4 is 10.0 Å². The van der Waals surface area contributed by atoms with Crippen LogP contribution >= 0.6 is 0 Å². The third-order valence-corrected chi connectivity index (χ3v) is 3.82. The zero-order chi connectivity index (χ0) is 11.3. The van der Waals surface area contributed by atoms with E-state index in [-0.39, 0.29) is 18.2 Å². The molecule has 1 heterocycles. The maximum atomic E-state index is 11.4. The predicted octanol–water partition coefficient (Wildman–Crippen LogP) is -0.0155. The first kappa shape index (κ1) is 12.4. The van der Waals surface area contributed by atoms with Gasteiger partial charge in [0.1, 0.15) is 0 Å². The van der Waals surface area contributed by atoms with Gasteiger partial charge in [-0.05, 0) is 25.8 Å². The van der Waals surface area contributed by atoms with E-state index in [1.807, 2.05) is 0 Å². The van der Waals surface area contributed by atoms with E-state index in [0.29, 0.717) is 6.42 Å². The van der Waals surface area contributed by atoms with Crippen LogP contribution in [0.15, 0.2) is 0 Å². The minimum Gasteiger partial charge on any atom is -0.313 e. The van der Waals surface area contributed by atoms with Gasteiger partial charge in [0.15, 0.2) is 0 Å². The van der Waals surface area contributed by atoms with Crippen LogP contribution in [-0.4, -0.2) is 32.7 Å². The highest BCUT2D eigenvalue weighted by Gasteiger charge is 2.20. The number of carbonyl (C=O) groups is 1. The smallest absolute Gasteiger partial charge is 0.234 e. The summed E-state index contributed by atoms with van der Waals surface area (Å²) in [6.45, 7) is 2.68. The lowest BCUT2D eigenvalue weighted by Gasteiger charge is -2.10. The summed E-state index contributed by atoms with van der Waals surface area (Å²) in [5, 5.41) is 3.15. The molecular formula is C9H18N2O3S. The normalized spacial score (nSPS) is 21.5. The first-order valence-electron chi connectivity index (χ1n) is 5.30. The highest BCUT2D eigenvalue weighted by atomic mass is 32.2. The van der Waals surface area contributed by atoms with Gasteiger partial charge >= 0.3 is 0 Å². The van der Waals surface area contributed by atoms with Crippen molar-refractivity contribution in [2.24, 2.45) is 0 Å². The van der Waals surface area contributed by atoms with Crippen molar-refractivity contribution in [3.8, 4) is 0 Å². The van der Waals surface area contributed by atoms with Crippen molar-refractivity contribution in [2.75, 3.05) is 12.3 Å². The van der Waals surface area contributed by atoms with Crippen molar-refractivity contribution in [3.05, 3.63) is 0 Å². The standard InChI is InChI=1S/C9H18N2O3S/c1-2-6-15(13,14)11-9(12)7-8-4-3-5-10-8/h8,10H,2-7H2,1H3,(H,11,12). The largest absolute Gasteiger partial charge is 0.313 e. The monoisotopic (exact) mass is 234 g/mol. The average Bonchev–Trinajstić information content (AvgIpc) is 2.54. The van der Waals surface area contributed by atoms with Gasteiger partial charge in [-0.2, -0.15) is 0 Å². The van der Waals surface area contributed by atoms with Crippen molar-refractivity contribution >= 4 is 15.9 Å².